The zero-order chi connectivity index (χ0) is 14.7. The number of halogens is 1. The Bertz CT molecular complexity index is 673. The monoisotopic (exact) mass is 277 g/mol. The van der Waals surface area contributed by atoms with Crippen molar-refractivity contribution in [3.05, 3.63) is 58.2 Å². The van der Waals surface area contributed by atoms with Gasteiger partial charge in [-0.1, -0.05) is 0 Å². The molecule has 8 heteroatoms. The normalized spacial score (nSPS) is 10.1. The SMILES string of the molecule is O=C(Nc1cc([N+](=O)[O-])ccc1O)c1ccc(F)nc1. The fraction of sp³-hybridized carbons (Fsp3) is 0. The first-order chi connectivity index (χ1) is 9.47. The molecule has 2 rings (SSSR count). The summed E-state index contributed by atoms with van der Waals surface area (Å²) in [6.45, 7) is 0. The number of carbonyl (C=O) groups excluding carboxylic acids is 1. The van der Waals surface area contributed by atoms with Gasteiger partial charge in [0.1, 0.15) is 5.75 Å². The number of amides is 1. The van der Waals surface area contributed by atoms with Crippen LogP contribution in [-0.4, -0.2) is 20.9 Å². The topological polar surface area (TPSA) is 105 Å². The molecular weight excluding hydrogens is 269 g/mol. The van der Waals surface area contributed by atoms with E-state index in [0.717, 1.165) is 30.5 Å². The number of non-ortho nitro benzene ring substituents is 1. The molecule has 0 saturated carbocycles. The third-order valence-electron chi connectivity index (χ3n) is 2.43. The van der Waals surface area contributed by atoms with Crippen LogP contribution in [0.15, 0.2) is 36.5 Å². The zero-order valence-electron chi connectivity index (χ0n) is 9.91. The maximum atomic E-state index is 12.6. The van der Waals surface area contributed by atoms with Crippen molar-refractivity contribution in [1.82, 2.24) is 4.98 Å². The molecule has 0 saturated heterocycles. The summed E-state index contributed by atoms with van der Waals surface area (Å²) in [5.41, 5.74) is -0.346. The minimum absolute atomic E-state index is 0.0531. The van der Waals surface area contributed by atoms with Crippen molar-refractivity contribution in [2.24, 2.45) is 0 Å². The van der Waals surface area contributed by atoms with Crippen molar-refractivity contribution < 1.29 is 19.2 Å². The standard InChI is InChI=1S/C12H8FN3O4/c13-11-4-1-7(6-14-11)12(18)15-9-5-8(16(19)20)2-3-10(9)17/h1-6,17H,(H,15,18). The van der Waals surface area contributed by atoms with E-state index in [0.29, 0.717) is 0 Å². The molecule has 1 aromatic carbocycles. The minimum atomic E-state index is -0.736. The van der Waals surface area contributed by atoms with E-state index in [1.165, 1.54) is 6.07 Å². The van der Waals surface area contributed by atoms with Gasteiger partial charge in [-0.2, -0.15) is 4.39 Å². The average molecular weight is 277 g/mol. The number of aromatic nitrogens is 1. The fourth-order valence-corrected chi connectivity index (χ4v) is 1.44. The van der Waals surface area contributed by atoms with Crippen LogP contribution in [-0.2, 0) is 0 Å². The van der Waals surface area contributed by atoms with Crippen LogP contribution in [0.4, 0.5) is 15.8 Å². The lowest BCUT2D eigenvalue weighted by Crippen LogP contribution is -2.12. The highest BCUT2D eigenvalue weighted by molar-refractivity contribution is 6.04. The first-order valence-corrected chi connectivity index (χ1v) is 5.37. The third-order valence-corrected chi connectivity index (χ3v) is 2.43. The number of rotatable bonds is 3. The quantitative estimate of drug-likeness (QED) is 0.387. The van der Waals surface area contributed by atoms with Gasteiger partial charge in [-0.3, -0.25) is 14.9 Å². The molecular formula is C12H8FN3O4. The Kier molecular flexibility index (Phi) is 3.56. The van der Waals surface area contributed by atoms with Crippen molar-refractivity contribution in [3.63, 3.8) is 0 Å². The number of phenols is 1. The zero-order valence-corrected chi connectivity index (χ0v) is 9.91. The van der Waals surface area contributed by atoms with Gasteiger partial charge in [0.15, 0.2) is 0 Å². The molecule has 0 aliphatic rings. The molecule has 0 aliphatic carbocycles. The Morgan fingerprint density at radius 1 is 1.35 bits per heavy atom. The highest BCUT2D eigenvalue weighted by Gasteiger charge is 2.14. The van der Waals surface area contributed by atoms with E-state index in [2.05, 4.69) is 10.3 Å². The fourth-order valence-electron chi connectivity index (χ4n) is 1.44. The van der Waals surface area contributed by atoms with Crippen LogP contribution in [0, 0.1) is 16.1 Å². The summed E-state index contributed by atoms with van der Waals surface area (Å²) in [6.07, 6.45) is 1.01. The van der Waals surface area contributed by atoms with Crippen LogP contribution in [0.2, 0.25) is 0 Å². The van der Waals surface area contributed by atoms with Gasteiger partial charge in [0.25, 0.3) is 11.6 Å². The number of nitrogens with one attached hydrogen (secondary N) is 1. The molecule has 0 aliphatic heterocycles. The van der Waals surface area contributed by atoms with E-state index in [1.54, 1.807) is 0 Å². The maximum absolute atomic E-state index is 12.6. The van der Waals surface area contributed by atoms with Crippen LogP contribution >= 0.6 is 0 Å². The van der Waals surface area contributed by atoms with E-state index in [9.17, 15) is 24.4 Å². The lowest BCUT2D eigenvalue weighted by atomic mass is 10.2. The smallest absolute Gasteiger partial charge is 0.271 e. The number of nitro groups is 1. The highest BCUT2D eigenvalue weighted by atomic mass is 19.1. The number of pyridine rings is 1. The van der Waals surface area contributed by atoms with Crippen molar-refractivity contribution in [2.45, 2.75) is 0 Å². The number of benzene rings is 1. The molecule has 0 atom stereocenters. The van der Waals surface area contributed by atoms with Crippen LogP contribution < -0.4 is 5.32 Å². The van der Waals surface area contributed by atoms with Gasteiger partial charge in [0, 0.05) is 18.3 Å². The third kappa shape index (κ3) is 2.86. The Morgan fingerprint density at radius 3 is 2.70 bits per heavy atom. The molecule has 0 radical (unpaired) electrons. The number of aromatic hydroxyl groups is 1. The Labute approximate surface area is 111 Å². The summed E-state index contributed by atoms with van der Waals surface area (Å²) in [7, 11) is 0. The van der Waals surface area contributed by atoms with Crippen LogP contribution in [0.25, 0.3) is 0 Å². The van der Waals surface area contributed by atoms with Crippen LogP contribution in [0.3, 0.4) is 0 Å². The van der Waals surface area contributed by atoms with E-state index < -0.39 is 16.8 Å². The summed E-state index contributed by atoms with van der Waals surface area (Å²) >= 11 is 0. The van der Waals surface area contributed by atoms with E-state index in [4.69, 9.17) is 0 Å². The second kappa shape index (κ2) is 5.31. The van der Waals surface area contributed by atoms with E-state index >= 15 is 0 Å². The Balaban J connectivity index is 2.25. The Hall–Kier alpha value is -3.03. The summed E-state index contributed by atoms with van der Waals surface area (Å²) in [6, 6.07) is 5.42. The van der Waals surface area contributed by atoms with Gasteiger partial charge in [-0.25, -0.2) is 4.98 Å². The van der Waals surface area contributed by atoms with Gasteiger partial charge in [0.05, 0.1) is 16.2 Å². The number of carbonyl (C=O) groups is 1. The molecule has 1 heterocycles. The highest BCUT2D eigenvalue weighted by Crippen LogP contribution is 2.28. The average Bonchev–Trinajstić information content (AvgIpc) is 2.41. The summed E-state index contributed by atoms with van der Waals surface area (Å²) < 4.78 is 12.6. The lowest BCUT2D eigenvalue weighted by Gasteiger charge is -2.06. The molecule has 20 heavy (non-hydrogen) atoms. The van der Waals surface area contributed by atoms with Gasteiger partial charge < -0.3 is 10.4 Å². The van der Waals surface area contributed by atoms with E-state index in [1.807, 2.05) is 0 Å². The number of anilines is 1. The summed E-state index contributed by atoms with van der Waals surface area (Å²) in [5, 5.41) is 22.4. The predicted molar refractivity (Wildman–Crippen MR) is 66.9 cm³/mol. The molecule has 1 aromatic heterocycles. The number of hydrogen-bond acceptors (Lipinski definition) is 5. The first-order valence-electron chi connectivity index (χ1n) is 5.37. The van der Waals surface area contributed by atoms with Crippen molar-refractivity contribution in [3.8, 4) is 5.75 Å². The van der Waals surface area contributed by atoms with Gasteiger partial charge in [0.2, 0.25) is 5.95 Å². The molecule has 7 nitrogen and oxygen atoms in total. The Morgan fingerprint density at radius 2 is 2.10 bits per heavy atom. The molecule has 0 fully saturated rings. The number of nitro benzene ring substituents is 1. The second-order valence-electron chi connectivity index (χ2n) is 3.78. The molecule has 0 unspecified atom stereocenters. The van der Waals surface area contributed by atoms with Crippen molar-refractivity contribution in [2.75, 3.05) is 5.32 Å². The van der Waals surface area contributed by atoms with Crippen LogP contribution in [0.5, 0.6) is 5.75 Å². The number of hydrogen-bond donors (Lipinski definition) is 2. The van der Waals surface area contributed by atoms with E-state index in [-0.39, 0.29) is 22.7 Å². The molecule has 2 aromatic rings. The van der Waals surface area contributed by atoms with Gasteiger partial charge >= 0.3 is 0 Å². The maximum Gasteiger partial charge on any atom is 0.271 e. The van der Waals surface area contributed by atoms with Crippen molar-refractivity contribution in [1.29, 1.82) is 0 Å². The van der Waals surface area contributed by atoms with Crippen molar-refractivity contribution >= 4 is 17.3 Å². The van der Waals surface area contributed by atoms with Gasteiger partial charge in [-0.05, 0) is 18.2 Å². The molecule has 0 spiro atoms. The minimum Gasteiger partial charge on any atom is -0.506 e. The lowest BCUT2D eigenvalue weighted by molar-refractivity contribution is -0.384. The van der Waals surface area contributed by atoms with Crippen LogP contribution in [0.1, 0.15) is 10.4 Å². The first kappa shape index (κ1) is 13.4. The number of phenolic OH excluding ortho intramolecular Hbond substituents is 1. The molecule has 102 valence electrons. The second-order valence-corrected chi connectivity index (χ2v) is 3.78. The summed E-state index contributed by atoms with van der Waals surface area (Å²) in [4.78, 5) is 25.1. The predicted octanol–water partition coefficient (Wildman–Crippen LogP) is 2.09. The molecule has 2 N–H and O–H groups in total. The van der Waals surface area contributed by atoms with Gasteiger partial charge in [-0.15, -0.1) is 0 Å². The molecule has 0 bridgehead atoms. The number of nitrogens with zero attached hydrogens (tertiary/aromatic N) is 2. The largest absolute Gasteiger partial charge is 0.506 e. The summed E-state index contributed by atoms with van der Waals surface area (Å²) in [5.74, 6) is -1.73. The molecule has 1 amide bonds.